The van der Waals surface area contributed by atoms with Crippen molar-refractivity contribution < 1.29 is 28.6 Å². The topological polar surface area (TPSA) is 76.1 Å². The van der Waals surface area contributed by atoms with Gasteiger partial charge in [0, 0.05) is 41.5 Å². The van der Waals surface area contributed by atoms with E-state index in [2.05, 4.69) is 0 Å². The SMILES string of the molecule is COc1ccccc1-c1ccccc1N1C(c2ccccc2F)C(=C=O)CC1(OC)C(=O)O. The third-order valence-electron chi connectivity index (χ3n) is 5.97. The van der Waals surface area contributed by atoms with Crippen molar-refractivity contribution in [2.75, 3.05) is 19.1 Å². The number of ether oxygens (including phenoxy) is 2. The summed E-state index contributed by atoms with van der Waals surface area (Å²) in [4.78, 5) is 26.0. The summed E-state index contributed by atoms with van der Waals surface area (Å²) in [5, 5.41) is 10.3. The van der Waals surface area contributed by atoms with Crippen LogP contribution in [-0.2, 0) is 14.3 Å². The van der Waals surface area contributed by atoms with E-state index in [-0.39, 0.29) is 17.6 Å². The van der Waals surface area contributed by atoms with Gasteiger partial charge in [0.1, 0.15) is 17.5 Å². The van der Waals surface area contributed by atoms with Gasteiger partial charge in [-0.2, -0.15) is 0 Å². The molecule has 2 unspecified atom stereocenters. The zero-order valence-electron chi connectivity index (χ0n) is 18.1. The maximum absolute atomic E-state index is 15.0. The molecule has 0 saturated carbocycles. The van der Waals surface area contributed by atoms with Gasteiger partial charge < -0.3 is 19.5 Å². The normalized spacial score (nSPS) is 19.9. The predicted octanol–water partition coefficient (Wildman–Crippen LogP) is 4.64. The van der Waals surface area contributed by atoms with Crippen molar-refractivity contribution in [1.29, 1.82) is 0 Å². The highest BCUT2D eigenvalue weighted by Gasteiger charge is 2.57. The molecular weight excluding hydrogens is 425 g/mol. The summed E-state index contributed by atoms with van der Waals surface area (Å²) < 4.78 is 26.1. The highest BCUT2D eigenvalue weighted by atomic mass is 19.1. The lowest BCUT2D eigenvalue weighted by Crippen LogP contribution is -2.53. The Morgan fingerprint density at radius 1 is 1.03 bits per heavy atom. The Morgan fingerprint density at radius 2 is 1.67 bits per heavy atom. The lowest BCUT2D eigenvalue weighted by molar-refractivity contribution is -0.160. The van der Waals surface area contributed by atoms with Crippen LogP contribution in [-0.4, -0.2) is 37.0 Å². The number of halogens is 1. The standard InChI is InChI=1S/C26H22FNO5/c1-32-23-14-8-5-10-19(23)18-9-4-7-13-22(18)28-24(20-11-3-6-12-21(20)27)17(16-29)15-26(28,33-2)25(30)31/h3-14,24H,15H2,1-2H3,(H,30,31). The van der Waals surface area contributed by atoms with E-state index < -0.39 is 23.6 Å². The number of rotatable bonds is 6. The number of carbonyl (C=O) groups excluding carboxylic acids is 1. The average molecular weight is 447 g/mol. The molecule has 7 heteroatoms. The highest BCUT2D eigenvalue weighted by molar-refractivity contribution is 5.91. The largest absolute Gasteiger partial charge is 0.496 e. The molecule has 1 aliphatic heterocycles. The Hall–Kier alpha value is -3.93. The smallest absolute Gasteiger partial charge is 0.357 e. The van der Waals surface area contributed by atoms with Gasteiger partial charge in [-0.1, -0.05) is 54.6 Å². The number of benzene rings is 3. The van der Waals surface area contributed by atoms with Gasteiger partial charge >= 0.3 is 5.97 Å². The first kappa shape index (κ1) is 22.3. The van der Waals surface area contributed by atoms with E-state index >= 15 is 0 Å². The average Bonchev–Trinajstić information content (AvgIpc) is 3.19. The minimum atomic E-state index is -1.95. The predicted molar refractivity (Wildman–Crippen MR) is 121 cm³/mol. The Morgan fingerprint density at radius 3 is 2.30 bits per heavy atom. The number of anilines is 1. The molecule has 4 rings (SSSR count). The van der Waals surface area contributed by atoms with Crippen molar-refractivity contribution in [2.45, 2.75) is 18.2 Å². The van der Waals surface area contributed by atoms with Crippen LogP contribution >= 0.6 is 0 Å². The van der Waals surface area contributed by atoms with Crippen molar-refractivity contribution >= 4 is 17.6 Å². The van der Waals surface area contributed by atoms with Crippen molar-refractivity contribution in [3.63, 3.8) is 0 Å². The van der Waals surface area contributed by atoms with E-state index in [1.165, 1.54) is 30.2 Å². The maximum atomic E-state index is 15.0. The molecule has 3 aromatic carbocycles. The van der Waals surface area contributed by atoms with Crippen LogP contribution in [0.15, 0.2) is 78.4 Å². The van der Waals surface area contributed by atoms with Crippen LogP contribution in [0.4, 0.5) is 10.1 Å². The van der Waals surface area contributed by atoms with Gasteiger partial charge in [0.15, 0.2) is 0 Å². The fraction of sp³-hybridized carbons (Fsp3) is 0.192. The van der Waals surface area contributed by atoms with Crippen molar-refractivity contribution in [2.24, 2.45) is 0 Å². The minimum absolute atomic E-state index is 0.0826. The van der Waals surface area contributed by atoms with Gasteiger partial charge in [0.25, 0.3) is 0 Å². The van der Waals surface area contributed by atoms with Crippen LogP contribution in [0.2, 0.25) is 0 Å². The number of carboxylic acids is 1. The lowest BCUT2D eigenvalue weighted by atomic mass is 9.97. The molecule has 0 bridgehead atoms. The Labute approximate surface area is 190 Å². The van der Waals surface area contributed by atoms with E-state index in [1.807, 2.05) is 36.3 Å². The molecule has 0 spiro atoms. The van der Waals surface area contributed by atoms with Crippen LogP contribution in [0.5, 0.6) is 5.75 Å². The first-order valence-electron chi connectivity index (χ1n) is 10.3. The van der Waals surface area contributed by atoms with E-state index in [9.17, 15) is 19.1 Å². The molecule has 0 aromatic heterocycles. The number of aliphatic carboxylic acids is 1. The monoisotopic (exact) mass is 447 g/mol. The molecule has 0 radical (unpaired) electrons. The van der Waals surface area contributed by atoms with Crippen LogP contribution in [0.1, 0.15) is 18.0 Å². The molecule has 1 saturated heterocycles. The molecule has 6 nitrogen and oxygen atoms in total. The van der Waals surface area contributed by atoms with Gasteiger partial charge in [0.05, 0.1) is 13.2 Å². The first-order valence-corrected chi connectivity index (χ1v) is 10.3. The third-order valence-corrected chi connectivity index (χ3v) is 5.97. The zero-order chi connectivity index (χ0) is 23.6. The zero-order valence-corrected chi connectivity index (χ0v) is 18.1. The Kier molecular flexibility index (Phi) is 6.01. The summed E-state index contributed by atoms with van der Waals surface area (Å²) in [6, 6.07) is 19.3. The molecule has 33 heavy (non-hydrogen) atoms. The molecule has 2 atom stereocenters. The molecule has 1 N–H and O–H groups in total. The number of nitrogens with zero attached hydrogens (tertiary/aromatic N) is 1. The molecule has 168 valence electrons. The van der Waals surface area contributed by atoms with Crippen LogP contribution < -0.4 is 9.64 Å². The summed E-state index contributed by atoms with van der Waals surface area (Å²) in [5.41, 5.74) is 0.0976. The number of methoxy groups -OCH3 is 2. The van der Waals surface area contributed by atoms with Gasteiger partial charge in [-0.25, -0.2) is 14.0 Å². The summed E-state index contributed by atoms with van der Waals surface area (Å²) >= 11 is 0. The van der Waals surface area contributed by atoms with E-state index in [1.54, 1.807) is 31.4 Å². The van der Waals surface area contributed by atoms with Gasteiger partial charge in [-0.3, -0.25) is 0 Å². The lowest BCUT2D eigenvalue weighted by Gasteiger charge is -2.39. The van der Waals surface area contributed by atoms with Crippen molar-refractivity contribution in [1.82, 2.24) is 0 Å². The summed E-state index contributed by atoms with van der Waals surface area (Å²) in [7, 11) is 2.81. The second-order valence-corrected chi connectivity index (χ2v) is 7.61. The van der Waals surface area contributed by atoms with Gasteiger partial charge in [-0.05, 0) is 18.2 Å². The highest BCUT2D eigenvalue weighted by Crippen LogP contribution is 2.52. The fourth-order valence-corrected chi connectivity index (χ4v) is 4.47. The summed E-state index contributed by atoms with van der Waals surface area (Å²) in [6.45, 7) is 0. The molecule has 1 aliphatic rings. The molecular formula is C26H22FNO5. The maximum Gasteiger partial charge on any atom is 0.357 e. The van der Waals surface area contributed by atoms with Gasteiger partial charge in [-0.15, -0.1) is 0 Å². The van der Waals surface area contributed by atoms with Gasteiger partial charge in [0.2, 0.25) is 5.72 Å². The minimum Gasteiger partial charge on any atom is -0.496 e. The fourth-order valence-electron chi connectivity index (χ4n) is 4.47. The van der Waals surface area contributed by atoms with Crippen LogP contribution in [0.25, 0.3) is 11.1 Å². The Balaban J connectivity index is 2.05. The first-order chi connectivity index (χ1) is 16.0. The number of hydrogen-bond donors (Lipinski definition) is 1. The summed E-state index contributed by atoms with van der Waals surface area (Å²) in [5.74, 6) is 0.573. The van der Waals surface area contributed by atoms with Crippen LogP contribution in [0, 0.1) is 5.82 Å². The quantitative estimate of drug-likeness (QED) is 0.555. The number of hydrogen-bond acceptors (Lipinski definition) is 5. The summed E-state index contributed by atoms with van der Waals surface area (Å²) in [6.07, 6.45) is -0.276. The van der Waals surface area contributed by atoms with Crippen molar-refractivity contribution in [3.05, 3.63) is 89.8 Å². The van der Waals surface area contributed by atoms with E-state index in [0.29, 0.717) is 22.6 Å². The molecule has 1 heterocycles. The Bertz CT molecular complexity index is 1250. The second kappa shape index (κ2) is 8.90. The molecule has 1 fully saturated rings. The van der Waals surface area contributed by atoms with E-state index in [0.717, 1.165) is 0 Å². The third kappa shape index (κ3) is 3.57. The molecule has 0 amide bonds. The molecule has 0 aliphatic carbocycles. The number of carbonyl (C=O) groups is 1. The van der Waals surface area contributed by atoms with Crippen LogP contribution in [0.3, 0.4) is 0 Å². The number of carboxylic acid groups (broad SMARTS) is 1. The van der Waals surface area contributed by atoms with E-state index in [4.69, 9.17) is 9.47 Å². The second-order valence-electron chi connectivity index (χ2n) is 7.61. The van der Waals surface area contributed by atoms with Crippen molar-refractivity contribution in [3.8, 4) is 16.9 Å². The molecule has 3 aromatic rings. The number of para-hydroxylation sites is 2.